The van der Waals surface area contributed by atoms with E-state index in [2.05, 4.69) is 5.10 Å². The van der Waals surface area contributed by atoms with Gasteiger partial charge in [-0.1, -0.05) is 42.3 Å². The quantitative estimate of drug-likeness (QED) is 0.940. The summed E-state index contributed by atoms with van der Waals surface area (Å²) in [7, 11) is 0. The van der Waals surface area contributed by atoms with E-state index in [9.17, 15) is 4.79 Å². The van der Waals surface area contributed by atoms with Crippen molar-refractivity contribution in [2.75, 3.05) is 0 Å². The lowest BCUT2D eigenvalue weighted by atomic mass is 10.2. The van der Waals surface area contributed by atoms with Gasteiger partial charge in [-0.15, -0.1) is 0 Å². The van der Waals surface area contributed by atoms with E-state index in [0.29, 0.717) is 23.7 Å². The highest BCUT2D eigenvalue weighted by molar-refractivity contribution is 6.32. The van der Waals surface area contributed by atoms with Gasteiger partial charge in [0.25, 0.3) is 0 Å². The van der Waals surface area contributed by atoms with Gasteiger partial charge >= 0.3 is 5.97 Å². The van der Waals surface area contributed by atoms with Gasteiger partial charge in [-0.2, -0.15) is 5.10 Å². The summed E-state index contributed by atoms with van der Waals surface area (Å²) in [5.74, 6) is -1.06. The van der Waals surface area contributed by atoms with Crippen LogP contribution in [-0.2, 0) is 13.0 Å². The number of benzene rings is 1. The third-order valence-electron chi connectivity index (χ3n) is 2.73. The van der Waals surface area contributed by atoms with Crippen LogP contribution < -0.4 is 0 Å². The molecule has 0 aliphatic rings. The van der Waals surface area contributed by atoms with Crippen LogP contribution in [0, 0.1) is 0 Å². The number of aryl methyl sites for hydroxylation is 1. The minimum absolute atomic E-state index is 0.0752. The molecule has 0 aliphatic heterocycles. The molecule has 2 rings (SSSR count). The van der Waals surface area contributed by atoms with Crippen LogP contribution in [0.4, 0.5) is 0 Å². The zero-order valence-electron chi connectivity index (χ0n) is 10.2. The molecule has 0 radical (unpaired) electrons. The van der Waals surface area contributed by atoms with Crippen LogP contribution in [0.3, 0.4) is 0 Å². The zero-order chi connectivity index (χ0) is 14.0. The normalized spacial score (nSPS) is 10.7. The Balaban J connectivity index is 2.38. The van der Waals surface area contributed by atoms with Gasteiger partial charge in [0, 0.05) is 5.02 Å². The molecule has 4 nitrogen and oxygen atoms in total. The Labute approximate surface area is 120 Å². The van der Waals surface area contributed by atoms with E-state index in [1.54, 1.807) is 12.1 Å². The van der Waals surface area contributed by atoms with E-state index in [0.717, 1.165) is 5.56 Å². The summed E-state index contributed by atoms with van der Waals surface area (Å²) in [5, 5.41) is 14.1. The Bertz CT molecular complexity index is 623. The molecular formula is C13H12Cl2N2O2. The lowest BCUT2D eigenvalue weighted by molar-refractivity contribution is 0.0696. The fourth-order valence-electron chi connectivity index (χ4n) is 1.86. The molecule has 1 aromatic heterocycles. The van der Waals surface area contributed by atoms with Gasteiger partial charge in [-0.05, 0) is 24.1 Å². The van der Waals surface area contributed by atoms with Crippen LogP contribution in [0.5, 0.6) is 0 Å². The Morgan fingerprint density at radius 2 is 2.16 bits per heavy atom. The van der Waals surface area contributed by atoms with Gasteiger partial charge < -0.3 is 5.11 Å². The Morgan fingerprint density at radius 3 is 2.68 bits per heavy atom. The second-order valence-corrected chi connectivity index (χ2v) is 4.85. The second kappa shape index (κ2) is 5.63. The molecule has 0 saturated carbocycles. The molecule has 0 saturated heterocycles. The van der Waals surface area contributed by atoms with Crippen molar-refractivity contribution in [2.45, 2.75) is 19.9 Å². The van der Waals surface area contributed by atoms with Crippen molar-refractivity contribution >= 4 is 29.2 Å². The fourth-order valence-corrected chi connectivity index (χ4v) is 2.36. The van der Waals surface area contributed by atoms with Crippen LogP contribution in [0.2, 0.25) is 10.2 Å². The number of hydrogen-bond acceptors (Lipinski definition) is 2. The van der Waals surface area contributed by atoms with Gasteiger partial charge in [0.1, 0.15) is 10.7 Å². The highest BCUT2D eigenvalue weighted by Crippen LogP contribution is 2.22. The second-order valence-electron chi connectivity index (χ2n) is 4.06. The smallest absolute Gasteiger partial charge is 0.340 e. The first-order chi connectivity index (χ1) is 9.02. The number of carboxylic acid groups (broad SMARTS) is 1. The van der Waals surface area contributed by atoms with Crippen molar-refractivity contribution in [3.05, 3.63) is 51.3 Å². The number of carboxylic acids is 1. The van der Waals surface area contributed by atoms with Crippen LogP contribution in [0.1, 0.15) is 28.5 Å². The molecule has 2 aromatic rings. The average Bonchev–Trinajstić information content (AvgIpc) is 2.66. The zero-order valence-corrected chi connectivity index (χ0v) is 11.7. The van der Waals surface area contributed by atoms with Gasteiger partial charge in [-0.25, -0.2) is 9.48 Å². The molecule has 100 valence electrons. The molecule has 0 atom stereocenters. The van der Waals surface area contributed by atoms with E-state index in [-0.39, 0.29) is 10.7 Å². The Hall–Kier alpha value is -1.52. The summed E-state index contributed by atoms with van der Waals surface area (Å²) < 4.78 is 1.48. The average molecular weight is 299 g/mol. The predicted molar refractivity (Wildman–Crippen MR) is 74.1 cm³/mol. The number of carbonyl (C=O) groups is 1. The number of rotatable bonds is 4. The van der Waals surface area contributed by atoms with Crippen molar-refractivity contribution in [3.63, 3.8) is 0 Å². The van der Waals surface area contributed by atoms with E-state index in [1.807, 2.05) is 19.1 Å². The molecular weight excluding hydrogens is 287 g/mol. The Kier molecular flexibility index (Phi) is 4.12. The summed E-state index contributed by atoms with van der Waals surface area (Å²) in [5.41, 5.74) is 1.47. The topological polar surface area (TPSA) is 55.1 Å². The van der Waals surface area contributed by atoms with Crippen molar-refractivity contribution in [2.24, 2.45) is 0 Å². The van der Waals surface area contributed by atoms with E-state index in [1.165, 1.54) is 4.68 Å². The lowest BCUT2D eigenvalue weighted by Gasteiger charge is -2.04. The minimum Gasteiger partial charge on any atom is -0.478 e. The first kappa shape index (κ1) is 13.9. The predicted octanol–water partition coefficient (Wildman–Crippen LogP) is 3.50. The highest BCUT2D eigenvalue weighted by atomic mass is 35.5. The standard InChI is InChI=1S/C13H12Cl2N2O2/c1-2-10-11(13(18)19)12(15)17(16-10)7-8-4-3-5-9(14)6-8/h3-6H,2,7H2,1H3,(H,18,19). The number of nitrogens with zero attached hydrogens (tertiary/aromatic N) is 2. The molecule has 0 fully saturated rings. The van der Waals surface area contributed by atoms with Crippen LogP contribution in [0.15, 0.2) is 24.3 Å². The van der Waals surface area contributed by atoms with Gasteiger partial charge in [0.15, 0.2) is 0 Å². The number of aromatic nitrogens is 2. The molecule has 1 N–H and O–H groups in total. The van der Waals surface area contributed by atoms with Gasteiger partial charge in [-0.3, -0.25) is 0 Å². The van der Waals surface area contributed by atoms with E-state index < -0.39 is 5.97 Å². The molecule has 6 heteroatoms. The van der Waals surface area contributed by atoms with Gasteiger partial charge in [0.05, 0.1) is 12.2 Å². The summed E-state index contributed by atoms with van der Waals surface area (Å²) in [6, 6.07) is 7.28. The first-order valence-corrected chi connectivity index (χ1v) is 6.51. The van der Waals surface area contributed by atoms with Gasteiger partial charge in [0.2, 0.25) is 0 Å². The maximum Gasteiger partial charge on any atom is 0.340 e. The van der Waals surface area contributed by atoms with E-state index >= 15 is 0 Å². The maximum atomic E-state index is 11.2. The molecule has 1 aromatic carbocycles. The van der Waals surface area contributed by atoms with Crippen molar-refractivity contribution in [1.29, 1.82) is 0 Å². The summed E-state index contributed by atoms with van der Waals surface area (Å²) in [6.07, 6.45) is 0.518. The first-order valence-electron chi connectivity index (χ1n) is 5.75. The molecule has 0 amide bonds. The lowest BCUT2D eigenvalue weighted by Crippen LogP contribution is -2.03. The number of halogens is 2. The summed E-state index contributed by atoms with van der Waals surface area (Å²) >= 11 is 12.0. The van der Waals surface area contributed by atoms with Crippen LogP contribution >= 0.6 is 23.2 Å². The van der Waals surface area contributed by atoms with Crippen molar-refractivity contribution in [3.8, 4) is 0 Å². The third kappa shape index (κ3) is 2.91. The monoisotopic (exact) mass is 298 g/mol. The third-order valence-corrected chi connectivity index (χ3v) is 3.35. The molecule has 19 heavy (non-hydrogen) atoms. The summed E-state index contributed by atoms with van der Waals surface area (Å²) in [4.78, 5) is 11.2. The molecule has 0 bridgehead atoms. The molecule has 0 spiro atoms. The largest absolute Gasteiger partial charge is 0.478 e. The SMILES string of the molecule is CCc1nn(Cc2cccc(Cl)c2)c(Cl)c1C(=O)O. The van der Waals surface area contributed by atoms with Crippen LogP contribution in [-0.4, -0.2) is 20.9 Å². The fraction of sp³-hybridized carbons (Fsp3) is 0.231. The molecule has 1 heterocycles. The Morgan fingerprint density at radius 1 is 1.42 bits per heavy atom. The number of hydrogen-bond donors (Lipinski definition) is 1. The molecule has 0 unspecified atom stereocenters. The summed E-state index contributed by atoms with van der Waals surface area (Å²) in [6.45, 7) is 2.23. The maximum absolute atomic E-state index is 11.2. The molecule has 0 aliphatic carbocycles. The highest BCUT2D eigenvalue weighted by Gasteiger charge is 2.21. The van der Waals surface area contributed by atoms with Crippen LogP contribution in [0.25, 0.3) is 0 Å². The van der Waals surface area contributed by atoms with Crippen molar-refractivity contribution in [1.82, 2.24) is 9.78 Å². The van der Waals surface area contributed by atoms with Crippen molar-refractivity contribution < 1.29 is 9.90 Å². The van der Waals surface area contributed by atoms with E-state index in [4.69, 9.17) is 28.3 Å². The number of aromatic carboxylic acids is 1. The minimum atomic E-state index is -1.06.